The molecule has 2 aromatic heterocycles. The molecule has 7 heteroatoms. The van der Waals surface area contributed by atoms with Crippen LogP contribution in [-0.4, -0.2) is 71.5 Å². The van der Waals surface area contributed by atoms with Gasteiger partial charge in [0.05, 0.1) is 5.56 Å². The van der Waals surface area contributed by atoms with E-state index in [0.29, 0.717) is 0 Å². The average Bonchev–Trinajstić information content (AvgIpc) is 3.13. The van der Waals surface area contributed by atoms with Crippen LogP contribution in [0.1, 0.15) is 46.3 Å². The second-order valence-corrected chi connectivity index (χ2v) is 9.10. The summed E-state index contributed by atoms with van der Waals surface area (Å²) in [4.78, 5) is 31.1. The number of hydrogen-bond donors (Lipinski definition) is 0. The fourth-order valence-electron chi connectivity index (χ4n) is 4.20. The molecule has 0 aliphatic carbocycles. The number of carbonyl (C=O) groups excluding carboxylic acids is 1. The number of aromatic nitrogens is 2. The second-order valence-electron chi connectivity index (χ2n) is 7.88. The van der Waals surface area contributed by atoms with Gasteiger partial charge in [-0.3, -0.25) is 9.69 Å². The average molecular weight is 414 g/mol. The quantitative estimate of drug-likeness (QED) is 0.653. The molecule has 6 nitrogen and oxygen atoms in total. The van der Waals surface area contributed by atoms with E-state index < -0.39 is 0 Å². The van der Waals surface area contributed by atoms with Crippen LogP contribution in [-0.2, 0) is 12.8 Å². The zero-order valence-corrected chi connectivity index (χ0v) is 18.2. The Balaban J connectivity index is 1.19. The predicted octanol–water partition coefficient (Wildman–Crippen LogP) is 3.09. The van der Waals surface area contributed by atoms with Crippen molar-refractivity contribution in [3.63, 3.8) is 0 Å². The summed E-state index contributed by atoms with van der Waals surface area (Å²) in [5.41, 5.74) is 0.976. The maximum Gasteiger partial charge on any atom is 0.254 e. The fourth-order valence-corrected chi connectivity index (χ4v) is 5.35. The van der Waals surface area contributed by atoms with Gasteiger partial charge in [-0.1, -0.05) is 6.92 Å². The Kier molecular flexibility index (Phi) is 6.77. The molecule has 156 valence electrons. The van der Waals surface area contributed by atoms with Crippen molar-refractivity contribution in [1.29, 1.82) is 0 Å². The zero-order valence-electron chi connectivity index (χ0n) is 17.3. The van der Waals surface area contributed by atoms with E-state index in [1.165, 1.54) is 9.75 Å². The molecule has 4 rings (SSSR count). The number of piperazine rings is 1. The number of nitrogens with zero attached hydrogens (tertiary/aromatic N) is 5. The van der Waals surface area contributed by atoms with Gasteiger partial charge in [0.15, 0.2) is 0 Å². The van der Waals surface area contributed by atoms with Gasteiger partial charge in [-0.25, -0.2) is 9.97 Å². The molecule has 0 saturated carbocycles. The van der Waals surface area contributed by atoms with Gasteiger partial charge in [-0.2, -0.15) is 0 Å². The van der Waals surface area contributed by atoms with E-state index in [9.17, 15) is 4.79 Å². The first-order valence-corrected chi connectivity index (χ1v) is 11.7. The molecule has 2 aliphatic rings. The molecule has 1 amide bonds. The zero-order chi connectivity index (χ0) is 20.1. The summed E-state index contributed by atoms with van der Waals surface area (Å²) in [6.07, 6.45) is 9.00. The number of unbranched alkanes of at least 4 members (excludes halogenated alkanes) is 1. The first kappa shape index (κ1) is 20.3. The Hall–Kier alpha value is -1.99. The number of rotatable bonds is 7. The van der Waals surface area contributed by atoms with E-state index in [4.69, 9.17) is 0 Å². The second kappa shape index (κ2) is 9.67. The van der Waals surface area contributed by atoms with Gasteiger partial charge in [0, 0.05) is 61.4 Å². The maximum atomic E-state index is 12.9. The number of fused-ring (bicyclic) bond motifs is 1. The molecular formula is C22H31N5OS. The summed E-state index contributed by atoms with van der Waals surface area (Å²) in [6, 6.07) is 3.99. The molecule has 0 spiro atoms. The topological polar surface area (TPSA) is 52.6 Å². The molecular weight excluding hydrogens is 382 g/mol. The Labute approximate surface area is 177 Å². The third-order valence-electron chi connectivity index (χ3n) is 5.92. The highest BCUT2D eigenvalue weighted by Gasteiger charge is 2.24. The first-order valence-electron chi connectivity index (χ1n) is 10.9. The monoisotopic (exact) mass is 413 g/mol. The van der Waals surface area contributed by atoms with E-state index in [2.05, 4.69) is 37.7 Å². The number of amides is 1. The van der Waals surface area contributed by atoms with Gasteiger partial charge < -0.3 is 9.80 Å². The Morgan fingerprint density at radius 2 is 1.79 bits per heavy atom. The molecule has 2 aliphatic heterocycles. The number of hydrogen-bond acceptors (Lipinski definition) is 6. The van der Waals surface area contributed by atoms with Crippen molar-refractivity contribution in [2.24, 2.45) is 0 Å². The van der Waals surface area contributed by atoms with Crippen LogP contribution >= 0.6 is 11.3 Å². The van der Waals surface area contributed by atoms with Crippen LogP contribution in [0.25, 0.3) is 0 Å². The normalized spacial score (nSPS) is 18.0. The lowest BCUT2D eigenvalue weighted by Crippen LogP contribution is -2.47. The molecule has 0 radical (unpaired) electrons. The number of carbonyl (C=O) groups is 1. The van der Waals surface area contributed by atoms with E-state index in [-0.39, 0.29) is 5.91 Å². The number of thiophene rings is 1. The van der Waals surface area contributed by atoms with Gasteiger partial charge in [0.25, 0.3) is 5.91 Å². The van der Waals surface area contributed by atoms with Crippen molar-refractivity contribution in [3.8, 4) is 0 Å². The summed E-state index contributed by atoms with van der Waals surface area (Å²) < 4.78 is 0. The number of aryl methyl sites for hydroxylation is 2. The molecule has 0 aromatic carbocycles. The van der Waals surface area contributed by atoms with Gasteiger partial charge >= 0.3 is 0 Å². The van der Waals surface area contributed by atoms with E-state index in [1.54, 1.807) is 12.4 Å². The summed E-state index contributed by atoms with van der Waals surface area (Å²) in [6.45, 7) is 9.13. The van der Waals surface area contributed by atoms with Crippen molar-refractivity contribution in [2.75, 3.05) is 50.7 Å². The van der Waals surface area contributed by atoms with Crippen LogP contribution in [0.4, 0.5) is 5.95 Å². The van der Waals surface area contributed by atoms with E-state index in [0.717, 1.165) is 89.4 Å². The summed E-state index contributed by atoms with van der Waals surface area (Å²) in [5.74, 6) is 1.09. The van der Waals surface area contributed by atoms with Gasteiger partial charge in [-0.15, -0.1) is 11.3 Å². The standard InChI is InChI=1S/C22H31N5OS/c1-2-18-17-19-20(29-18)7-5-12-26(21(19)28)11-4-3-10-25-13-15-27(16-14-25)22-23-8-6-9-24-22/h6,8-9,17H,2-5,7,10-16H2,1H3. The highest BCUT2D eigenvalue weighted by Crippen LogP contribution is 2.28. The van der Waals surface area contributed by atoms with Crippen LogP contribution in [0.3, 0.4) is 0 Å². The van der Waals surface area contributed by atoms with Crippen LogP contribution in [0.5, 0.6) is 0 Å². The number of anilines is 1. The third-order valence-corrected chi connectivity index (χ3v) is 7.26. The van der Waals surface area contributed by atoms with Gasteiger partial charge in [-0.05, 0) is 50.8 Å². The van der Waals surface area contributed by atoms with Crippen molar-refractivity contribution in [3.05, 3.63) is 39.8 Å². The lowest BCUT2D eigenvalue weighted by molar-refractivity contribution is 0.0756. The Morgan fingerprint density at radius 1 is 1.03 bits per heavy atom. The van der Waals surface area contributed by atoms with Crippen molar-refractivity contribution in [1.82, 2.24) is 19.8 Å². The minimum atomic E-state index is 0.255. The molecule has 0 bridgehead atoms. The maximum absolute atomic E-state index is 12.9. The van der Waals surface area contributed by atoms with Crippen molar-refractivity contribution >= 4 is 23.2 Å². The largest absolute Gasteiger partial charge is 0.339 e. The van der Waals surface area contributed by atoms with Crippen LogP contribution in [0, 0.1) is 0 Å². The van der Waals surface area contributed by atoms with Crippen LogP contribution < -0.4 is 4.90 Å². The SMILES string of the molecule is CCc1cc2c(s1)CCCN(CCCCN1CCN(c3ncccn3)CC1)C2=O. The first-order chi connectivity index (χ1) is 14.2. The molecule has 0 atom stereocenters. The molecule has 29 heavy (non-hydrogen) atoms. The molecule has 1 fully saturated rings. The van der Waals surface area contributed by atoms with E-state index >= 15 is 0 Å². The molecule has 2 aromatic rings. The lowest BCUT2D eigenvalue weighted by Gasteiger charge is -2.34. The Morgan fingerprint density at radius 3 is 2.55 bits per heavy atom. The van der Waals surface area contributed by atoms with Gasteiger partial charge in [0.2, 0.25) is 5.95 Å². The highest BCUT2D eigenvalue weighted by molar-refractivity contribution is 7.12. The van der Waals surface area contributed by atoms with Gasteiger partial charge in [0.1, 0.15) is 0 Å². The van der Waals surface area contributed by atoms with Crippen molar-refractivity contribution in [2.45, 2.75) is 39.0 Å². The van der Waals surface area contributed by atoms with Crippen LogP contribution in [0.15, 0.2) is 24.5 Å². The third kappa shape index (κ3) is 4.95. The predicted molar refractivity (Wildman–Crippen MR) is 118 cm³/mol. The molecule has 4 heterocycles. The summed E-state index contributed by atoms with van der Waals surface area (Å²) >= 11 is 1.83. The minimum absolute atomic E-state index is 0.255. The molecule has 1 saturated heterocycles. The molecule has 0 unspecified atom stereocenters. The van der Waals surface area contributed by atoms with Crippen LogP contribution in [0.2, 0.25) is 0 Å². The highest BCUT2D eigenvalue weighted by atomic mass is 32.1. The fraction of sp³-hybridized carbons (Fsp3) is 0.591. The van der Waals surface area contributed by atoms with Crippen molar-refractivity contribution < 1.29 is 4.79 Å². The molecule has 0 N–H and O–H groups in total. The summed E-state index contributed by atoms with van der Waals surface area (Å²) in [5, 5.41) is 0. The summed E-state index contributed by atoms with van der Waals surface area (Å²) in [7, 11) is 0. The Bertz CT molecular complexity index is 801. The van der Waals surface area contributed by atoms with E-state index in [1.807, 2.05) is 17.4 Å². The minimum Gasteiger partial charge on any atom is -0.339 e. The smallest absolute Gasteiger partial charge is 0.254 e. The lowest BCUT2D eigenvalue weighted by atomic mass is 10.2.